The highest BCUT2D eigenvalue weighted by Crippen LogP contribution is 2.33. The Labute approximate surface area is 167 Å². The number of amides is 1. The lowest BCUT2D eigenvalue weighted by Crippen LogP contribution is -2.53. The van der Waals surface area contributed by atoms with Crippen molar-refractivity contribution in [2.24, 2.45) is 0 Å². The molecule has 4 heterocycles. The van der Waals surface area contributed by atoms with E-state index in [-0.39, 0.29) is 35.4 Å². The van der Waals surface area contributed by atoms with Crippen molar-refractivity contribution in [3.05, 3.63) is 34.0 Å². The van der Waals surface area contributed by atoms with Gasteiger partial charge in [-0.3, -0.25) is 14.2 Å². The predicted octanol–water partition coefficient (Wildman–Crippen LogP) is 0.483. The average molecular weight is 408 g/mol. The number of ether oxygens (including phenoxy) is 1. The lowest BCUT2D eigenvalue weighted by atomic mass is 9.98. The van der Waals surface area contributed by atoms with Crippen LogP contribution in [0.25, 0.3) is 0 Å². The summed E-state index contributed by atoms with van der Waals surface area (Å²) in [6, 6.07) is 1.64. The lowest BCUT2D eigenvalue weighted by molar-refractivity contribution is 0.0886. The number of carbonyl (C=O) groups is 1. The van der Waals surface area contributed by atoms with E-state index in [9.17, 15) is 9.59 Å². The molecule has 4 rings (SSSR count). The number of nitrogen functional groups attached to an aromatic ring is 1. The third kappa shape index (κ3) is 2.94. The number of hydrogen-bond donors (Lipinski definition) is 4. The molecule has 2 aliphatic heterocycles. The van der Waals surface area contributed by atoms with Crippen molar-refractivity contribution in [2.75, 3.05) is 31.2 Å². The van der Waals surface area contributed by atoms with Crippen LogP contribution < -0.4 is 32.0 Å². The smallest absolute Gasteiger partial charge is 0.276 e. The van der Waals surface area contributed by atoms with Crippen LogP contribution in [-0.2, 0) is 5.66 Å². The molecule has 1 fully saturated rings. The summed E-state index contributed by atoms with van der Waals surface area (Å²) in [7, 11) is 1.45. The number of aromatic nitrogens is 3. The zero-order valence-corrected chi connectivity index (χ0v) is 16.4. The highest BCUT2D eigenvalue weighted by molar-refractivity contribution is 5.97. The Kier molecular flexibility index (Phi) is 5.18. The van der Waals surface area contributed by atoms with Crippen molar-refractivity contribution in [3.8, 4) is 5.75 Å². The second kappa shape index (κ2) is 7.28. The van der Waals surface area contributed by atoms with Crippen molar-refractivity contribution in [1.29, 1.82) is 0 Å². The molecule has 2 aromatic rings. The summed E-state index contributed by atoms with van der Waals surface area (Å²) in [4.78, 5) is 33.9. The van der Waals surface area contributed by atoms with Crippen molar-refractivity contribution >= 4 is 35.6 Å². The molecule has 2 aliphatic rings. The van der Waals surface area contributed by atoms with Crippen LogP contribution in [0.5, 0.6) is 5.75 Å². The van der Waals surface area contributed by atoms with Crippen LogP contribution in [-0.4, -0.2) is 40.6 Å². The van der Waals surface area contributed by atoms with E-state index in [1.165, 1.54) is 13.4 Å². The number of halogens is 1. The van der Waals surface area contributed by atoms with Crippen LogP contribution in [0.15, 0.2) is 17.2 Å². The first-order chi connectivity index (χ1) is 13.0. The molecular formula is C17H22ClN7O3. The molecular weight excluding hydrogens is 386 g/mol. The largest absolute Gasteiger partial charge is 0.490 e. The Morgan fingerprint density at radius 1 is 1.29 bits per heavy atom. The van der Waals surface area contributed by atoms with Crippen LogP contribution in [0.2, 0.25) is 0 Å². The van der Waals surface area contributed by atoms with Gasteiger partial charge in [-0.25, -0.2) is 9.97 Å². The van der Waals surface area contributed by atoms with Crippen molar-refractivity contribution < 1.29 is 9.53 Å². The quantitative estimate of drug-likeness (QED) is 0.576. The van der Waals surface area contributed by atoms with Gasteiger partial charge in [0.05, 0.1) is 7.11 Å². The summed E-state index contributed by atoms with van der Waals surface area (Å²) in [5, 5.41) is 9.28. The Morgan fingerprint density at radius 2 is 2.00 bits per heavy atom. The molecule has 0 aliphatic carbocycles. The molecule has 28 heavy (non-hydrogen) atoms. The minimum absolute atomic E-state index is 0. The van der Waals surface area contributed by atoms with Crippen LogP contribution >= 0.6 is 12.4 Å². The molecule has 0 unspecified atom stereocenters. The topological polar surface area (TPSA) is 136 Å². The number of carbonyl (C=O) groups excluding carboxylic acids is 1. The second-order valence-corrected chi connectivity index (χ2v) is 6.73. The van der Waals surface area contributed by atoms with Crippen molar-refractivity contribution in [2.45, 2.75) is 25.4 Å². The number of fused-ring (bicyclic) bond motifs is 2. The molecule has 5 N–H and O–H groups in total. The van der Waals surface area contributed by atoms with Gasteiger partial charge in [0.2, 0.25) is 5.75 Å². The van der Waals surface area contributed by atoms with E-state index in [0.29, 0.717) is 35.6 Å². The second-order valence-electron chi connectivity index (χ2n) is 6.73. The van der Waals surface area contributed by atoms with Gasteiger partial charge in [0.15, 0.2) is 11.6 Å². The molecule has 1 saturated heterocycles. The maximum atomic E-state index is 13.3. The monoisotopic (exact) mass is 407 g/mol. The first kappa shape index (κ1) is 19.9. The van der Waals surface area contributed by atoms with Gasteiger partial charge in [-0.1, -0.05) is 0 Å². The van der Waals surface area contributed by atoms with Crippen LogP contribution in [0, 0.1) is 6.92 Å². The van der Waals surface area contributed by atoms with Crippen LogP contribution in [0.4, 0.5) is 17.3 Å². The minimum atomic E-state index is -0.702. The van der Waals surface area contributed by atoms with Gasteiger partial charge in [0.1, 0.15) is 23.4 Å². The number of aryl methyl sites for hydroxylation is 1. The Balaban J connectivity index is 0.00000225. The summed E-state index contributed by atoms with van der Waals surface area (Å²) in [6.07, 6.45) is 2.56. The fourth-order valence-electron chi connectivity index (χ4n) is 3.84. The van der Waals surface area contributed by atoms with Gasteiger partial charge in [-0.05, 0) is 31.6 Å². The Bertz CT molecular complexity index is 985. The normalized spacial score (nSPS) is 16.9. The molecule has 0 radical (unpaired) electrons. The number of nitrogens with one attached hydrogen (secondary N) is 3. The molecule has 1 amide bonds. The lowest BCUT2D eigenvalue weighted by Gasteiger charge is -2.35. The first-order valence-electron chi connectivity index (χ1n) is 8.69. The summed E-state index contributed by atoms with van der Waals surface area (Å²) >= 11 is 0. The fourth-order valence-corrected chi connectivity index (χ4v) is 3.84. The van der Waals surface area contributed by atoms with Gasteiger partial charge in [-0.2, -0.15) is 0 Å². The van der Waals surface area contributed by atoms with Gasteiger partial charge in [0.25, 0.3) is 11.5 Å². The zero-order valence-electron chi connectivity index (χ0n) is 15.5. The molecule has 2 aromatic heterocycles. The van der Waals surface area contributed by atoms with Crippen molar-refractivity contribution in [3.63, 3.8) is 0 Å². The molecule has 0 bridgehead atoms. The highest BCUT2D eigenvalue weighted by atomic mass is 35.5. The van der Waals surface area contributed by atoms with Gasteiger partial charge < -0.3 is 26.4 Å². The van der Waals surface area contributed by atoms with E-state index in [0.717, 1.165) is 13.1 Å². The summed E-state index contributed by atoms with van der Waals surface area (Å²) in [6.45, 7) is 3.25. The molecule has 11 heteroatoms. The molecule has 150 valence electrons. The number of nitrogens with two attached hydrogens (primary N) is 1. The Morgan fingerprint density at radius 3 is 2.68 bits per heavy atom. The molecule has 1 spiro atoms. The van der Waals surface area contributed by atoms with Crippen LogP contribution in [0.1, 0.15) is 28.9 Å². The minimum Gasteiger partial charge on any atom is -0.490 e. The SMILES string of the molecule is COc1c(N)ncnc1Nc1cc(C)c2n(c1=O)C1(CCNCC1)NC2=O.Cl. The van der Waals surface area contributed by atoms with E-state index in [2.05, 4.69) is 25.9 Å². The number of piperidine rings is 1. The molecule has 0 saturated carbocycles. The average Bonchev–Trinajstić information content (AvgIpc) is 2.92. The summed E-state index contributed by atoms with van der Waals surface area (Å²) in [5.41, 5.74) is 6.21. The third-order valence-electron chi connectivity index (χ3n) is 5.10. The summed E-state index contributed by atoms with van der Waals surface area (Å²) in [5.74, 6) is 0.492. The van der Waals surface area contributed by atoms with Gasteiger partial charge in [-0.15, -0.1) is 12.4 Å². The maximum absolute atomic E-state index is 13.3. The Hall–Kier alpha value is -2.85. The van der Waals surface area contributed by atoms with E-state index >= 15 is 0 Å². The zero-order chi connectivity index (χ0) is 19.2. The van der Waals surface area contributed by atoms with Gasteiger partial charge >= 0.3 is 0 Å². The molecule has 10 nitrogen and oxygen atoms in total. The van der Waals surface area contributed by atoms with Gasteiger partial charge in [0, 0.05) is 12.8 Å². The molecule has 0 aromatic carbocycles. The van der Waals surface area contributed by atoms with E-state index in [4.69, 9.17) is 10.5 Å². The van der Waals surface area contributed by atoms with E-state index < -0.39 is 5.66 Å². The maximum Gasteiger partial charge on any atom is 0.276 e. The number of methoxy groups -OCH3 is 1. The number of nitrogens with zero attached hydrogens (tertiary/aromatic N) is 3. The summed E-state index contributed by atoms with van der Waals surface area (Å²) < 4.78 is 6.83. The number of anilines is 3. The van der Waals surface area contributed by atoms with Crippen molar-refractivity contribution in [1.82, 2.24) is 25.2 Å². The highest BCUT2D eigenvalue weighted by Gasteiger charge is 2.45. The van der Waals surface area contributed by atoms with Crippen LogP contribution in [0.3, 0.4) is 0 Å². The molecule has 0 atom stereocenters. The third-order valence-corrected chi connectivity index (χ3v) is 5.10. The predicted molar refractivity (Wildman–Crippen MR) is 107 cm³/mol. The van der Waals surface area contributed by atoms with E-state index in [1.54, 1.807) is 10.6 Å². The first-order valence-corrected chi connectivity index (χ1v) is 8.69. The number of pyridine rings is 1. The number of rotatable bonds is 3. The standard InChI is InChI=1S/C17H21N7O3.ClH/c1-9-7-10(22-14-12(27-2)13(18)20-8-21-14)16(26)24-11(9)15(25)23-17(24)3-5-19-6-4-17;/h7-8,19H,3-6H2,1-2H3,(H,23,25)(H3,18,20,21,22);1H. The number of hydrogen-bond acceptors (Lipinski definition) is 8. The van der Waals surface area contributed by atoms with E-state index in [1.807, 2.05) is 6.92 Å². The fraction of sp³-hybridized carbons (Fsp3) is 0.412.